The Bertz CT molecular complexity index is 2390. The lowest BCUT2D eigenvalue weighted by atomic mass is 10.0. The number of anilines is 1. The van der Waals surface area contributed by atoms with Gasteiger partial charge in [0.2, 0.25) is 5.91 Å². The molecule has 47 heavy (non-hydrogen) atoms. The fraction of sp³-hybridized carbons (Fsp3) is 0.118. The number of sulfone groups is 1. The number of fused-ring (bicyclic) bond motifs is 2. The summed E-state index contributed by atoms with van der Waals surface area (Å²) in [5.41, 5.74) is 7.30. The first kappa shape index (κ1) is 29.9. The van der Waals surface area contributed by atoms with Crippen molar-refractivity contribution in [3.63, 3.8) is 0 Å². The number of aromatic amines is 2. The maximum Gasteiger partial charge on any atom is 0.228 e. The molecule has 234 valence electrons. The molecule has 0 aliphatic rings. The number of aryl methyl sites for hydroxylation is 1. The summed E-state index contributed by atoms with van der Waals surface area (Å²) in [5.74, 6) is -0.296. The van der Waals surface area contributed by atoms with E-state index in [1.165, 1.54) is 12.1 Å². The molecule has 0 saturated carbocycles. The zero-order valence-electron chi connectivity index (χ0n) is 25.0. The number of amides is 1. The van der Waals surface area contributed by atoms with Gasteiger partial charge in [0.1, 0.15) is 21.2 Å². The lowest BCUT2D eigenvalue weighted by molar-refractivity contribution is -0.115. The Labute approximate surface area is 268 Å². The Morgan fingerprint density at radius 3 is 2.51 bits per heavy atom. The van der Waals surface area contributed by atoms with Crippen LogP contribution in [0.4, 0.5) is 10.1 Å². The largest absolute Gasteiger partial charge is 0.335 e. The molecule has 0 bridgehead atoms. The average molecular weight is 647 g/mol. The number of nitrogens with zero attached hydrogens (tertiary/aromatic N) is 5. The summed E-state index contributed by atoms with van der Waals surface area (Å²) >= 11 is 0. The van der Waals surface area contributed by atoms with Crippen LogP contribution in [0.25, 0.3) is 56.0 Å². The van der Waals surface area contributed by atoms with Crippen LogP contribution in [0.3, 0.4) is 0 Å². The highest BCUT2D eigenvalue weighted by molar-refractivity contribution is 7.90. The SMILES string of the molecule is CS(=O)(=O)CCc1cc(F)cc(-c2cncc3[nH]c(-c4n[nH]c5ccc(-c6cncc(NC(=O)Cc7ccccc7)c6)nc45)nc23)c1. The number of hydrogen-bond acceptors (Lipinski definition) is 8. The van der Waals surface area contributed by atoms with Crippen LogP contribution in [0.15, 0.2) is 91.5 Å². The van der Waals surface area contributed by atoms with Crippen molar-refractivity contribution in [1.82, 2.24) is 35.1 Å². The van der Waals surface area contributed by atoms with Crippen molar-refractivity contribution in [3.8, 4) is 33.9 Å². The molecule has 0 aliphatic carbocycles. The summed E-state index contributed by atoms with van der Waals surface area (Å²) in [6.07, 6.45) is 8.05. The second-order valence-corrected chi connectivity index (χ2v) is 13.5. The van der Waals surface area contributed by atoms with Crippen LogP contribution in [-0.4, -0.2) is 61.5 Å². The predicted octanol–water partition coefficient (Wildman–Crippen LogP) is 5.53. The smallest absolute Gasteiger partial charge is 0.228 e. The number of H-pyrrole nitrogens is 2. The van der Waals surface area contributed by atoms with Crippen LogP contribution in [0.1, 0.15) is 11.1 Å². The molecule has 5 aromatic heterocycles. The highest BCUT2D eigenvalue weighted by Gasteiger charge is 2.18. The number of rotatable bonds is 9. The molecule has 1 amide bonds. The summed E-state index contributed by atoms with van der Waals surface area (Å²) in [6.45, 7) is 0. The van der Waals surface area contributed by atoms with Gasteiger partial charge in [-0.25, -0.2) is 22.8 Å². The van der Waals surface area contributed by atoms with Crippen LogP contribution in [0.2, 0.25) is 0 Å². The van der Waals surface area contributed by atoms with Crippen molar-refractivity contribution in [2.45, 2.75) is 12.8 Å². The molecule has 11 nitrogen and oxygen atoms in total. The van der Waals surface area contributed by atoms with Crippen molar-refractivity contribution in [1.29, 1.82) is 0 Å². The van der Waals surface area contributed by atoms with Gasteiger partial charge in [0, 0.05) is 29.8 Å². The minimum absolute atomic E-state index is 0.0879. The number of imidazole rings is 1. The molecule has 2 aromatic carbocycles. The quantitative estimate of drug-likeness (QED) is 0.185. The number of halogens is 1. The van der Waals surface area contributed by atoms with E-state index in [0.717, 1.165) is 11.8 Å². The number of pyridine rings is 3. The first-order valence-corrected chi connectivity index (χ1v) is 16.7. The van der Waals surface area contributed by atoms with Crippen molar-refractivity contribution in [3.05, 3.63) is 108 Å². The minimum Gasteiger partial charge on any atom is -0.335 e. The Morgan fingerprint density at radius 1 is 0.851 bits per heavy atom. The predicted molar refractivity (Wildman–Crippen MR) is 178 cm³/mol. The Kier molecular flexibility index (Phi) is 7.74. The van der Waals surface area contributed by atoms with Gasteiger partial charge in [0.05, 0.1) is 52.5 Å². The van der Waals surface area contributed by atoms with Crippen molar-refractivity contribution >= 4 is 43.5 Å². The molecule has 7 rings (SSSR count). The monoisotopic (exact) mass is 646 g/mol. The van der Waals surface area contributed by atoms with Crippen molar-refractivity contribution < 1.29 is 17.6 Å². The lowest BCUT2D eigenvalue weighted by Gasteiger charge is -2.07. The first-order chi connectivity index (χ1) is 22.7. The maximum atomic E-state index is 14.6. The summed E-state index contributed by atoms with van der Waals surface area (Å²) in [4.78, 5) is 34.2. The molecular weight excluding hydrogens is 619 g/mol. The molecule has 3 N–H and O–H groups in total. The summed E-state index contributed by atoms with van der Waals surface area (Å²) in [5, 5.41) is 10.4. The van der Waals surface area contributed by atoms with E-state index in [0.29, 0.717) is 67.2 Å². The van der Waals surface area contributed by atoms with E-state index >= 15 is 0 Å². The molecular formula is C34H27FN8O3S. The fourth-order valence-electron chi connectivity index (χ4n) is 5.37. The third-order valence-corrected chi connectivity index (χ3v) is 8.53. The number of carbonyl (C=O) groups excluding carboxylic acids is 1. The summed E-state index contributed by atoms with van der Waals surface area (Å²) in [7, 11) is -3.21. The van der Waals surface area contributed by atoms with Gasteiger partial charge >= 0.3 is 0 Å². The lowest BCUT2D eigenvalue weighted by Crippen LogP contribution is -2.14. The highest BCUT2D eigenvalue weighted by Crippen LogP contribution is 2.32. The second-order valence-electron chi connectivity index (χ2n) is 11.2. The average Bonchev–Trinajstić information content (AvgIpc) is 3.68. The van der Waals surface area contributed by atoms with E-state index in [1.807, 2.05) is 48.5 Å². The van der Waals surface area contributed by atoms with E-state index in [2.05, 4.69) is 30.5 Å². The molecule has 0 fully saturated rings. The van der Waals surface area contributed by atoms with E-state index in [9.17, 15) is 17.6 Å². The van der Waals surface area contributed by atoms with E-state index < -0.39 is 15.7 Å². The van der Waals surface area contributed by atoms with Gasteiger partial charge in [0.25, 0.3) is 0 Å². The molecule has 5 heterocycles. The summed E-state index contributed by atoms with van der Waals surface area (Å²) in [6, 6.07) is 19.5. The zero-order chi connectivity index (χ0) is 32.5. The van der Waals surface area contributed by atoms with E-state index in [-0.39, 0.29) is 24.5 Å². The Hall–Kier alpha value is -5.82. The zero-order valence-corrected chi connectivity index (χ0v) is 25.8. The Morgan fingerprint density at radius 2 is 1.68 bits per heavy atom. The van der Waals surface area contributed by atoms with Gasteiger partial charge in [0.15, 0.2) is 11.5 Å². The first-order valence-electron chi connectivity index (χ1n) is 14.6. The molecule has 0 aliphatic heterocycles. The van der Waals surface area contributed by atoms with Crippen LogP contribution < -0.4 is 5.32 Å². The van der Waals surface area contributed by atoms with Crippen LogP contribution >= 0.6 is 0 Å². The van der Waals surface area contributed by atoms with Crippen LogP contribution in [0.5, 0.6) is 0 Å². The number of nitrogens with one attached hydrogen (secondary N) is 3. The molecule has 0 unspecified atom stereocenters. The molecule has 13 heteroatoms. The van der Waals surface area contributed by atoms with Gasteiger partial charge < -0.3 is 10.3 Å². The normalized spacial score (nSPS) is 11.7. The number of carbonyl (C=O) groups is 1. The van der Waals surface area contributed by atoms with Crippen LogP contribution in [-0.2, 0) is 27.5 Å². The maximum absolute atomic E-state index is 14.6. The molecule has 0 spiro atoms. The van der Waals surface area contributed by atoms with Gasteiger partial charge in [-0.2, -0.15) is 5.10 Å². The minimum atomic E-state index is -3.21. The molecule has 7 aromatic rings. The fourth-order valence-corrected chi connectivity index (χ4v) is 5.98. The Balaban J connectivity index is 1.20. The van der Waals surface area contributed by atoms with Crippen molar-refractivity contribution in [2.75, 3.05) is 17.3 Å². The van der Waals surface area contributed by atoms with Gasteiger partial charge in [-0.15, -0.1) is 0 Å². The van der Waals surface area contributed by atoms with Crippen LogP contribution in [0, 0.1) is 5.82 Å². The second kappa shape index (κ2) is 12.2. The van der Waals surface area contributed by atoms with E-state index in [1.54, 1.807) is 30.9 Å². The third-order valence-electron chi connectivity index (χ3n) is 7.58. The molecule has 0 saturated heterocycles. The highest BCUT2D eigenvalue weighted by atomic mass is 32.2. The topological polar surface area (TPSA) is 159 Å². The number of benzene rings is 2. The van der Waals surface area contributed by atoms with E-state index in [4.69, 9.17) is 9.97 Å². The molecule has 0 atom stereocenters. The standard InChI is InChI=1S/C34H27FN8O3S/c1-47(45,46)10-9-21-11-22(14-24(35)12-21)26-18-37-19-29-31(26)41-34(40-29)33-32-28(42-43-33)8-7-27(39-32)23-15-25(17-36-16-23)38-30(44)13-20-5-3-2-4-6-20/h2-8,11-12,14-19H,9-10,13H2,1H3,(H,38,44)(H,40,41)(H,42,43). The number of hydrogen-bond donors (Lipinski definition) is 3. The number of aromatic nitrogens is 7. The molecule has 0 radical (unpaired) electrons. The van der Waals surface area contributed by atoms with Gasteiger partial charge in [-0.05, 0) is 53.4 Å². The summed E-state index contributed by atoms with van der Waals surface area (Å²) < 4.78 is 38.0. The third kappa shape index (κ3) is 6.60. The van der Waals surface area contributed by atoms with Gasteiger partial charge in [-0.1, -0.05) is 36.4 Å². The van der Waals surface area contributed by atoms with Crippen molar-refractivity contribution in [2.24, 2.45) is 0 Å². The van der Waals surface area contributed by atoms with Gasteiger partial charge in [-0.3, -0.25) is 19.9 Å².